The maximum absolute atomic E-state index is 13.5. The summed E-state index contributed by atoms with van der Waals surface area (Å²) >= 11 is 0. The van der Waals surface area contributed by atoms with Crippen molar-refractivity contribution in [3.8, 4) is 0 Å². The van der Waals surface area contributed by atoms with E-state index in [-0.39, 0.29) is 23.2 Å². The van der Waals surface area contributed by atoms with Gasteiger partial charge in [-0.2, -0.15) is 13.2 Å². The summed E-state index contributed by atoms with van der Waals surface area (Å²) in [7, 11) is 0. The Morgan fingerprint density at radius 1 is 1.31 bits per heavy atom. The molecular formula is C17H17F3N2O4. The van der Waals surface area contributed by atoms with Gasteiger partial charge in [0, 0.05) is 0 Å². The molecule has 2 aliphatic rings. The van der Waals surface area contributed by atoms with Gasteiger partial charge < -0.3 is 10.1 Å². The summed E-state index contributed by atoms with van der Waals surface area (Å²) in [5.41, 5.74) is 0.0151. The van der Waals surface area contributed by atoms with Crippen molar-refractivity contribution in [3.05, 3.63) is 24.3 Å². The predicted molar refractivity (Wildman–Crippen MR) is 85.2 cm³/mol. The zero-order valence-electron chi connectivity index (χ0n) is 13.9. The van der Waals surface area contributed by atoms with Gasteiger partial charge in [-0.05, 0) is 24.5 Å². The fourth-order valence-electron chi connectivity index (χ4n) is 2.96. The van der Waals surface area contributed by atoms with Crippen LogP contribution in [0.5, 0.6) is 0 Å². The standard InChI is InChI=1S/C17H17F3N2O4/c1-9-6-10(9)16(25)26-8-15(24)22-12-5-3-2-4-11(12)21-14(23)7-13(22)17(18,19)20/h2-5,9-10,13H,6-8H2,1H3,(H,21,23). The van der Waals surface area contributed by atoms with Gasteiger partial charge in [-0.25, -0.2) is 0 Å². The highest BCUT2D eigenvalue weighted by Crippen LogP contribution is 2.39. The zero-order valence-corrected chi connectivity index (χ0v) is 13.9. The Hall–Kier alpha value is -2.58. The third-order valence-electron chi connectivity index (χ3n) is 4.52. The Morgan fingerprint density at radius 3 is 2.58 bits per heavy atom. The molecule has 1 fully saturated rings. The number of alkyl halides is 3. The first-order chi connectivity index (χ1) is 12.2. The normalized spacial score (nSPS) is 25.0. The Kier molecular flexibility index (Phi) is 4.64. The molecule has 1 aliphatic heterocycles. The molecule has 1 aromatic carbocycles. The number of hydrogen-bond donors (Lipinski definition) is 1. The number of ether oxygens (including phenoxy) is 1. The van der Waals surface area contributed by atoms with Crippen LogP contribution in [0.4, 0.5) is 24.5 Å². The summed E-state index contributed by atoms with van der Waals surface area (Å²) in [5.74, 6) is -2.62. The van der Waals surface area contributed by atoms with Crippen LogP contribution in [0.3, 0.4) is 0 Å². The molecule has 3 unspecified atom stereocenters. The molecule has 0 aromatic heterocycles. The Balaban J connectivity index is 1.87. The molecule has 1 saturated carbocycles. The average molecular weight is 370 g/mol. The van der Waals surface area contributed by atoms with Crippen LogP contribution < -0.4 is 10.2 Å². The number of carbonyl (C=O) groups excluding carboxylic acids is 3. The number of amides is 2. The highest BCUT2D eigenvalue weighted by molar-refractivity contribution is 6.05. The maximum Gasteiger partial charge on any atom is 0.409 e. The molecule has 2 amide bonds. The van der Waals surface area contributed by atoms with Crippen LogP contribution >= 0.6 is 0 Å². The number of para-hydroxylation sites is 2. The quantitative estimate of drug-likeness (QED) is 0.830. The largest absolute Gasteiger partial charge is 0.455 e. The van der Waals surface area contributed by atoms with Gasteiger partial charge in [-0.15, -0.1) is 0 Å². The number of halogens is 3. The van der Waals surface area contributed by atoms with Gasteiger partial charge in [0.1, 0.15) is 6.04 Å². The first-order valence-corrected chi connectivity index (χ1v) is 8.12. The van der Waals surface area contributed by atoms with Gasteiger partial charge in [-0.3, -0.25) is 19.3 Å². The van der Waals surface area contributed by atoms with Crippen molar-refractivity contribution in [2.45, 2.75) is 32.0 Å². The minimum Gasteiger partial charge on any atom is -0.455 e. The van der Waals surface area contributed by atoms with Gasteiger partial charge in [0.05, 0.1) is 23.7 Å². The Morgan fingerprint density at radius 2 is 1.96 bits per heavy atom. The SMILES string of the molecule is CC1CC1C(=O)OCC(=O)N1c2ccccc2NC(=O)CC1C(F)(F)F. The molecule has 0 spiro atoms. The van der Waals surface area contributed by atoms with Crippen molar-refractivity contribution in [1.82, 2.24) is 0 Å². The molecule has 0 bridgehead atoms. The summed E-state index contributed by atoms with van der Waals surface area (Å²) in [6.45, 7) is 1.03. The van der Waals surface area contributed by atoms with Crippen LogP contribution in [0.1, 0.15) is 19.8 Å². The molecule has 1 heterocycles. The minimum atomic E-state index is -4.82. The highest BCUT2D eigenvalue weighted by atomic mass is 19.4. The van der Waals surface area contributed by atoms with Crippen LogP contribution in [0, 0.1) is 11.8 Å². The van der Waals surface area contributed by atoms with Crippen LogP contribution in [-0.2, 0) is 19.1 Å². The second-order valence-corrected chi connectivity index (χ2v) is 6.52. The summed E-state index contributed by atoms with van der Waals surface area (Å²) in [5, 5.41) is 2.37. The smallest absolute Gasteiger partial charge is 0.409 e. The molecule has 140 valence electrons. The van der Waals surface area contributed by atoms with E-state index in [1.807, 2.05) is 6.92 Å². The molecule has 1 aromatic rings. The number of nitrogens with one attached hydrogen (secondary N) is 1. The van der Waals surface area contributed by atoms with E-state index in [1.54, 1.807) is 0 Å². The average Bonchev–Trinajstić information content (AvgIpc) is 3.31. The van der Waals surface area contributed by atoms with E-state index in [0.717, 1.165) is 0 Å². The van der Waals surface area contributed by atoms with Gasteiger partial charge in [0.25, 0.3) is 5.91 Å². The number of rotatable bonds is 3. The van der Waals surface area contributed by atoms with E-state index in [0.29, 0.717) is 11.3 Å². The number of hydrogen-bond acceptors (Lipinski definition) is 4. The van der Waals surface area contributed by atoms with Crippen molar-refractivity contribution in [1.29, 1.82) is 0 Å². The number of carbonyl (C=O) groups is 3. The summed E-state index contributed by atoms with van der Waals surface area (Å²) in [6, 6.07) is 3.37. The molecule has 26 heavy (non-hydrogen) atoms. The van der Waals surface area contributed by atoms with Crippen molar-refractivity contribution < 1.29 is 32.3 Å². The Labute approximate surface area is 147 Å². The van der Waals surface area contributed by atoms with E-state index in [9.17, 15) is 27.6 Å². The Bertz CT molecular complexity index is 750. The van der Waals surface area contributed by atoms with Crippen molar-refractivity contribution in [3.63, 3.8) is 0 Å². The van der Waals surface area contributed by atoms with Crippen LogP contribution in [-0.4, -0.2) is 36.6 Å². The molecular weight excluding hydrogens is 353 g/mol. The van der Waals surface area contributed by atoms with Crippen molar-refractivity contribution >= 4 is 29.2 Å². The summed E-state index contributed by atoms with van der Waals surface area (Å²) in [4.78, 5) is 36.6. The number of nitrogens with zero attached hydrogens (tertiary/aromatic N) is 1. The second kappa shape index (κ2) is 6.62. The fourth-order valence-corrected chi connectivity index (χ4v) is 2.96. The summed E-state index contributed by atoms with van der Waals surface area (Å²) in [6.07, 6.45) is -5.11. The van der Waals surface area contributed by atoms with Gasteiger partial charge >= 0.3 is 12.1 Å². The molecule has 3 rings (SSSR count). The van der Waals surface area contributed by atoms with Crippen molar-refractivity contribution in [2.24, 2.45) is 11.8 Å². The van der Waals surface area contributed by atoms with E-state index < -0.39 is 43.0 Å². The van der Waals surface area contributed by atoms with Crippen LogP contribution in [0.25, 0.3) is 0 Å². The minimum absolute atomic E-state index is 0.0819. The lowest BCUT2D eigenvalue weighted by Gasteiger charge is -2.31. The number of fused-ring (bicyclic) bond motifs is 1. The highest BCUT2D eigenvalue weighted by Gasteiger charge is 2.49. The van der Waals surface area contributed by atoms with Crippen LogP contribution in [0.15, 0.2) is 24.3 Å². The number of benzene rings is 1. The second-order valence-electron chi connectivity index (χ2n) is 6.52. The fraction of sp³-hybridized carbons (Fsp3) is 0.471. The molecule has 0 radical (unpaired) electrons. The lowest BCUT2D eigenvalue weighted by molar-refractivity contribution is -0.160. The lowest BCUT2D eigenvalue weighted by Crippen LogP contribution is -2.51. The van der Waals surface area contributed by atoms with E-state index in [2.05, 4.69) is 5.32 Å². The number of anilines is 2. The number of esters is 1. The third-order valence-corrected chi connectivity index (χ3v) is 4.52. The van der Waals surface area contributed by atoms with Crippen molar-refractivity contribution in [2.75, 3.05) is 16.8 Å². The van der Waals surface area contributed by atoms with Gasteiger partial charge in [0.15, 0.2) is 6.61 Å². The van der Waals surface area contributed by atoms with E-state index in [4.69, 9.17) is 4.74 Å². The molecule has 1 N–H and O–H groups in total. The third kappa shape index (κ3) is 3.66. The first kappa shape index (κ1) is 18.2. The topological polar surface area (TPSA) is 75.7 Å². The summed E-state index contributed by atoms with van der Waals surface area (Å²) < 4.78 is 45.4. The zero-order chi connectivity index (χ0) is 19.1. The first-order valence-electron chi connectivity index (χ1n) is 8.12. The van der Waals surface area contributed by atoms with E-state index >= 15 is 0 Å². The van der Waals surface area contributed by atoms with Crippen LogP contribution in [0.2, 0.25) is 0 Å². The lowest BCUT2D eigenvalue weighted by atomic mass is 10.1. The van der Waals surface area contributed by atoms with E-state index in [1.165, 1.54) is 24.3 Å². The molecule has 0 saturated heterocycles. The molecule has 9 heteroatoms. The predicted octanol–water partition coefficient (Wildman–Crippen LogP) is 2.49. The molecule has 3 atom stereocenters. The van der Waals surface area contributed by atoms with Gasteiger partial charge in [-0.1, -0.05) is 19.1 Å². The van der Waals surface area contributed by atoms with Gasteiger partial charge in [0.2, 0.25) is 5.91 Å². The maximum atomic E-state index is 13.5. The monoisotopic (exact) mass is 370 g/mol. The molecule has 1 aliphatic carbocycles. The molecule has 6 nitrogen and oxygen atoms in total.